The zero-order chi connectivity index (χ0) is 25.5. The van der Waals surface area contributed by atoms with Crippen LogP contribution >= 0.6 is 0 Å². The average Bonchev–Trinajstić information content (AvgIpc) is 2.91. The summed E-state index contributed by atoms with van der Waals surface area (Å²) >= 11 is 0. The van der Waals surface area contributed by atoms with E-state index in [1.165, 1.54) is 5.56 Å². The zero-order valence-electron chi connectivity index (χ0n) is 21.4. The Kier molecular flexibility index (Phi) is 8.11. The summed E-state index contributed by atoms with van der Waals surface area (Å²) in [5.41, 5.74) is 7.89. The van der Waals surface area contributed by atoms with Crippen molar-refractivity contribution in [2.75, 3.05) is 6.61 Å². The smallest absolute Gasteiger partial charge is 0.272 e. The van der Waals surface area contributed by atoms with Gasteiger partial charge in [-0.2, -0.15) is 5.10 Å². The Morgan fingerprint density at radius 1 is 1.00 bits per heavy atom. The van der Waals surface area contributed by atoms with Crippen LogP contribution < -0.4 is 10.2 Å². The van der Waals surface area contributed by atoms with E-state index < -0.39 is 0 Å². The highest BCUT2D eigenvalue weighted by Crippen LogP contribution is 2.27. The third-order valence-corrected chi connectivity index (χ3v) is 6.19. The Balaban J connectivity index is 1.53. The molecule has 0 unspecified atom stereocenters. The van der Waals surface area contributed by atoms with E-state index in [2.05, 4.69) is 62.5 Å². The second-order valence-electron chi connectivity index (χ2n) is 9.48. The topological polar surface area (TPSA) is 63.6 Å². The van der Waals surface area contributed by atoms with E-state index in [4.69, 9.17) is 9.72 Å². The maximum atomic E-state index is 13.1. The van der Waals surface area contributed by atoms with Crippen LogP contribution in [0.25, 0.3) is 22.2 Å². The summed E-state index contributed by atoms with van der Waals surface area (Å²) in [6.07, 6.45) is 2.72. The number of nitrogens with one attached hydrogen (secondary N) is 1. The van der Waals surface area contributed by atoms with Crippen LogP contribution in [0.4, 0.5) is 0 Å². The van der Waals surface area contributed by atoms with E-state index in [1.54, 1.807) is 6.21 Å². The lowest BCUT2D eigenvalue weighted by Gasteiger charge is -2.11. The molecule has 1 aromatic heterocycles. The second kappa shape index (κ2) is 11.6. The van der Waals surface area contributed by atoms with Crippen LogP contribution in [0.5, 0.6) is 5.75 Å². The monoisotopic (exact) mass is 479 g/mol. The highest BCUT2D eigenvalue weighted by atomic mass is 16.5. The Morgan fingerprint density at radius 2 is 1.72 bits per heavy atom. The predicted molar refractivity (Wildman–Crippen MR) is 148 cm³/mol. The lowest BCUT2D eigenvalue weighted by molar-refractivity contribution is 0.0956. The summed E-state index contributed by atoms with van der Waals surface area (Å²) < 4.78 is 5.72. The van der Waals surface area contributed by atoms with Gasteiger partial charge in [-0.15, -0.1) is 0 Å². The third kappa shape index (κ3) is 6.16. The van der Waals surface area contributed by atoms with Crippen molar-refractivity contribution in [3.8, 4) is 17.0 Å². The Hall–Kier alpha value is -3.99. The Labute approximate surface area is 213 Å². The summed E-state index contributed by atoms with van der Waals surface area (Å²) in [6, 6.07) is 25.6. The zero-order valence-corrected chi connectivity index (χ0v) is 21.4. The van der Waals surface area contributed by atoms with Gasteiger partial charge in [0.15, 0.2) is 0 Å². The number of aromatic nitrogens is 1. The lowest BCUT2D eigenvalue weighted by Crippen LogP contribution is -2.18. The first kappa shape index (κ1) is 25.1. The Morgan fingerprint density at radius 3 is 2.42 bits per heavy atom. The van der Waals surface area contributed by atoms with E-state index >= 15 is 0 Å². The van der Waals surface area contributed by atoms with Crippen molar-refractivity contribution < 1.29 is 9.53 Å². The van der Waals surface area contributed by atoms with Crippen molar-refractivity contribution in [1.82, 2.24) is 10.4 Å². The summed E-state index contributed by atoms with van der Waals surface area (Å²) in [6.45, 7) is 9.31. The van der Waals surface area contributed by atoms with Crippen molar-refractivity contribution in [2.45, 2.75) is 40.0 Å². The molecular formula is C31H33N3O2. The summed E-state index contributed by atoms with van der Waals surface area (Å²) in [4.78, 5) is 18.0. The molecule has 0 saturated carbocycles. The molecule has 1 atom stereocenters. The number of rotatable bonds is 9. The number of hydrazone groups is 1. The normalized spacial score (nSPS) is 12.2. The van der Waals surface area contributed by atoms with Gasteiger partial charge in [-0.25, -0.2) is 10.4 Å². The van der Waals surface area contributed by atoms with Gasteiger partial charge in [-0.1, -0.05) is 70.2 Å². The van der Waals surface area contributed by atoms with E-state index in [0.717, 1.165) is 39.9 Å². The highest BCUT2D eigenvalue weighted by Gasteiger charge is 2.14. The maximum Gasteiger partial charge on any atom is 0.272 e. The minimum atomic E-state index is -0.279. The SMILES string of the molecule is CC[C@H](C)c1ccc(-c2cc(C(=O)NN=Cc3ccc(OCC(C)C)cc3)c3ccccc3n2)cc1. The molecule has 5 nitrogen and oxygen atoms in total. The first-order valence-electron chi connectivity index (χ1n) is 12.5. The molecule has 0 spiro atoms. The number of carbonyl (C=O) groups is 1. The number of pyridine rings is 1. The second-order valence-corrected chi connectivity index (χ2v) is 9.48. The molecule has 0 fully saturated rings. The molecule has 3 aromatic carbocycles. The molecule has 1 N–H and O–H groups in total. The van der Waals surface area contributed by atoms with Crippen molar-refractivity contribution in [3.05, 3.63) is 95.6 Å². The van der Waals surface area contributed by atoms with Crippen LogP contribution in [0.15, 0.2) is 84.0 Å². The highest BCUT2D eigenvalue weighted by molar-refractivity contribution is 6.07. The first-order valence-corrected chi connectivity index (χ1v) is 12.5. The van der Waals surface area contributed by atoms with Crippen LogP contribution in [0.1, 0.15) is 61.5 Å². The van der Waals surface area contributed by atoms with Gasteiger partial charge in [0.2, 0.25) is 0 Å². The molecule has 5 heteroatoms. The molecule has 4 rings (SSSR count). The number of benzene rings is 3. The molecule has 0 bridgehead atoms. The molecule has 1 amide bonds. The fraction of sp³-hybridized carbons (Fsp3) is 0.258. The largest absolute Gasteiger partial charge is 0.493 e. The van der Waals surface area contributed by atoms with Gasteiger partial charge in [-0.3, -0.25) is 4.79 Å². The van der Waals surface area contributed by atoms with Crippen molar-refractivity contribution >= 4 is 23.0 Å². The number of fused-ring (bicyclic) bond motifs is 1. The van der Waals surface area contributed by atoms with Gasteiger partial charge in [0.25, 0.3) is 5.91 Å². The fourth-order valence-electron chi connectivity index (χ4n) is 3.87. The van der Waals surface area contributed by atoms with Crippen LogP contribution in [-0.2, 0) is 0 Å². The van der Waals surface area contributed by atoms with Crippen LogP contribution in [-0.4, -0.2) is 23.7 Å². The molecule has 1 heterocycles. The molecule has 0 aliphatic heterocycles. The number of hydrogen-bond acceptors (Lipinski definition) is 4. The van der Waals surface area contributed by atoms with E-state index in [1.807, 2.05) is 54.6 Å². The number of amides is 1. The Bertz CT molecular complexity index is 1340. The van der Waals surface area contributed by atoms with Crippen LogP contribution in [0.3, 0.4) is 0 Å². The van der Waals surface area contributed by atoms with Crippen molar-refractivity contribution in [2.24, 2.45) is 11.0 Å². The molecule has 4 aromatic rings. The fourth-order valence-corrected chi connectivity index (χ4v) is 3.87. The van der Waals surface area contributed by atoms with Gasteiger partial charge in [0.1, 0.15) is 5.75 Å². The standard InChI is InChI=1S/C31H33N3O2/c1-5-22(4)24-12-14-25(15-13-24)30-18-28(27-8-6-7-9-29(27)33-30)31(35)34-32-19-23-10-16-26(17-11-23)36-20-21(2)3/h6-19,21-22H,5,20H2,1-4H3,(H,34,35)/t22-/m0/s1. The van der Waals surface area contributed by atoms with Gasteiger partial charge >= 0.3 is 0 Å². The van der Waals surface area contributed by atoms with Crippen LogP contribution in [0, 0.1) is 5.92 Å². The van der Waals surface area contributed by atoms with Crippen molar-refractivity contribution in [3.63, 3.8) is 0 Å². The third-order valence-electron chi connectivity index (χ3n) is 6.19. The minimum absolute atomic E-state index is 0.279. The van der Waals surface area contributed by atoms with Gasteiger partial charge in [-0.05, 0) is 65.8 Å². The number of ether oxygens (including phenoxy) is 1. The first-order chi connectivity index (χ1) is 17.4. The summed E-state index contributed by atoms with van der Waals surface area (Å²) in [7, 11) is 0. The maximum absolute atomic E-state index is 13.1. The number of carbonyl (C=O) groups excluding carboxylic acids is 1. The quantitative estimate of drug-likeness (QED) is 0.204. The van der Waals surface area contributed by atoms with E-state index in [0.29, 0.717) is 24.0 Å². The van der Waals surface area contributed by atoms with Gasteiger partial charge in [0, 0.05) is 10.9 Å². The van der Waals surface area contributed by atoms with Gasteiger partial charge in [0.05, 0.1) is 29.6 Å². The minimum Gasteiger partial charge on any atom is -0.493 e. The molecule has 0 aliphatic rings. The predicted octanol–water partition coefficient (Wildman–Crippen LogP) is 7.21. The summed E-state index contributed by atoms with van der Waals surface area (Å²) in [5.74, 6) is 1.51. The molecule has 0 saturated heterocycles. The average molecular weight is 480 g/mol. The van der Waals surface area contributed by atoms with Crippen molar-refractivity contribution in [1.29, 1.82) is 0 Å². The number of para-hydroxylation sites is 1. The molecular weight excluding hydrogens is 446 g/mol. The number of hydrogen-bond donors (Lipinski definition) is 1. The number of nitrogens with zero attached hydrogens (tertiary/aromatic N) is 2. The molecule has 0 aliphatic carbocycles. The van der Waals surface area contributed by atoms with E-state index in [9.17, 15) is 4.79 Å². The summed E-state index contributed by atoms with van der Waals surface area (Å²) in [5, 5.41) is 4.97. The lowest BCUT2D eigenvalue weighted by atomic mass is 9.96. The molecule has 36 heavy (non-hydrogen) atoms. The molecule has 184 valence electrons. The van der Waals surface area contributed by atoms with Gasteiger partial charge < -0.3 is 4.74 Å². The van der Waals surface area contributed by atoms with Crippen LogP contribution in [0.2, 0.25) is 0 Å². The van der Waals surface area contributed by atoms with E-state index in [-0.39, 0.29) is 5.91 Å². The molecule has 0 radical (unpaired) electrons.